The molecule has 2 rings (SSSR count). The number of nitrogens with zero attached hydrogens (tertiary/aromatic N) is 1. The standard InChI is InChI=1S/C21H21N3O3/c1-15(25)17-6-4-7-19(12-17)24-21(26)18(13-22)14-23-10-9-16-5-3-8-20(11-16)27-2/h3-8,11-12,14,23H,9-10H2,1-2H3,(H,24,26)/b18-14-. The van der Waals surface area contributed by atoms with Gasteiger partial charge in [0.1, 0.15) is 17.4 Å². The van der Waals surface area contributed by atoms with E-state index in [2.05, 4.69) is 10.6 Å². The molecule has 0 radical (unpaired) electrons. The second-order valence-electron chi connectivity index (χ2n) is 5.82. The SMILES string of the molecule is COc1cccc(CCN/C=C(/C#N)C(=O)Nc2cccc(C(C)=O)c2)c1. The Labute approximate surface area is 158 Å². The van der Waals surface area contributed by atoms with E-state index in [1.54, 1.807) is 31.4 Å². The zero-order valence-electron chi connectivity index (χ0n) is 15.3. The van der Waals surface area contributed by atoms with Crippen LogP contribution in [0.3, 0.4) is 0 Å². The van der Waals surface area contributed by atoms with Crippen molar-refractivity contribution < 1.29 is 14.3 Å². The number of ether oxygens (including phenoxy) is 1. The Hall–Kier alpha value is -3.59. The normalized spacial score (nSPS) is 10.6. The van der Waals surface area contributed by atoms with Crippen LogP contribution in [0.1, 0.15) is 22.8 Å². The first-order chi connectivity index (χ1) is 13.0. The fourth-order valence-electron chi connectivity index (χ4n) is 2.38. The molecular weight excluding hydrogens is 342 g/mol. The van der Waals surface area contributed by atoms with Crippen molar-refractivity contribution in [3.05, 3.63) is 71.4 Å². The molecule has 0 saturated carbocycles. The van der Waals surface area contributed by atoms with Gasteiger partial charge in [-0.15, -0.1) is 0 Å². The predicted molar refractivity (Wildman–Crippen MR) is 103 cm³/mol. The Balaban J connectivity index is 1.93. The number of Topliss-reactive ketones (excluding diaryl/α,β-unsaturated/α-hetero) is 1. The molecule has 0 heterocycles. The summed E-state index contributed by atoms with van der Waals surface area (Å²) in [5.41, 5.74) is 1.99. The molecule has 6 nitrogen and oxygen atoms in total. The van der Waals surface area contributed by atoms with Crippen molar-refractivity contribution >= 4 is 17.4 Å². The quantitative estimate of drug-likeness (QED) is 0.325. The van der Waals surface area contributed by atoms with E-state index >= 15 is 0 Å². The first-order valence-electron chi connectivity index (χ1n) is 8.42. The largest absolute Gasteiger partial charge is 0.497 e. The number of amides is 1. The second-order valence-corrected chi connectivity index (χ2v) is 5.82. The first kappa shape index (κ1) is 19.7. The molecule has 0 saturated heterocycles. The van der Waals surface area contributed by atoms with Crippen molar-refractivity contribution in [3.63, 3.8) is 0 Å². The molecule has 0 aromatic heterocycles. The third-order valence-electron chi connectivity index (χ3n) is 3.83. The number of hydrogen-bond acceptors (Lipinski definition) is 5. The summed E-state index contributed by atoms with van der Waals surface area (Å²) in [6.07, 6.45) is 2.11. The average Bonchev–Trinajstić information content (AvgIpc) is 2.68. The van der Waals surface area contributed by atoms with Crippen LogP contribution < -0.4 is 15.4 Å². The maximum atomic E-state index is 12.2. The molecular formula is C21H21N3O3. The zero-order valence-corrected chi connectivity index (χ0v) is 15.3. The minimum Gasteiger partial charge on any atom is -0.497 e. The van der Waals surface area contributed by atoms with Gasteiger partial charge in [0.25, 0.3) is 5.91 Å². The van der Waals surface area contributed by atoms with Crippen molar-refractivity contribution in [2.75, 3.05) is 19.0 Å². The monoisotopic (exact) mass is 363 g/mol. The lowest BCUT2D eigenvalue weighted by atomic mass is 10.1. The Morgan fingerprint density at radius 3 is 2.67 bits per heavy atom. The highest BCUT2D eigenvalue weighted by molar-refractivity contribution is 6.07. The first-order valence-corrected chi connectivity index (χ1v) is 8.42. The number of hydrogen-bond donors (Lipinski definition) is 2. The van der Waals surface area contributed by atoms with Crippen LogP contribution >= 0.6 is 0 Å². The highest BCUT2D eigenvalue weighted by Crippen LogP contribution is 2.13. The van der Waals surface area contributed by atoms with E-state index in [0.29, 0.717) is 24.2 Å². The van der Waals surface area contributed by atoms with Crippen LogP contribution in [0.5, 0.6) is 5.75 Å². The molecule has 0 unspecified atom stereocenters. The third-order valence-corrected chi connectivity index (χ3v) is 3.83. The number of rotatable bonds is 8. The summed E-state index contributed by atoms with van der Waals surface area (Å²) in [5.74, 6) is 0.154. The molecule has 6 heteroatoms. The highest BCUT2D eigenvalue weighted by atomic mass is 16.5. The fraction of sp³-hybridized carbons (Fsp3) is 0.190. The van der Waals surface area contributed by atoms with Gasteiger partial charge >= 0.3 is 0 Å². The summed E-state index contributed by atoms with van der Waals surface area (Å²) >= 11 is 0. The van der Waals surface area contributed by atoms with Crippen molar-refractivity contribution in [2.45, 2.75) is 13.3 Å². The van der Waals surface area contributed by atoms with Gasteiger partial charge in [0.15, 0.2) is 5.78 Å². The van der Waals surface area contributed by atoms with E-state index < -0.39 is 5.91 Å². The van der Waals surface area contributed by atoms with Crippen molar-refractivity contribution in [2.24, 2.45) is 0 Å². The fourth-order valence-corrected chi connectivity index (χ4v) is 2.38. The summed E-state index contributed by atoms with van der Waals surface area (Å²) in [7, 11) is 1.62. The van der Waals surface area contributed by atoms with Crippen LogP contribution in [-0.2, 0) is 11.2 Å². The molecule has 138 valence electrons. The van der Waals surface area contributed by atoms with Crippen LogP contribution in [0.2, 0.25) is 0 Å². The van der Waals surface area contributed by atoms with Crippen LogP contribution in [0.25, 0.3) is 0 Å². The molecule has 0 fully saturated rings. The van der Waals surface area contributed by atoms with Gasteiger partial charge < -0.3 is 15.4 Å². The molecule has 2 aromatic carbocycles. The molecule has 0 aliphatic rings. The van der Waals surface area contributed by atoms with Gasteiger partial charge in [-0.1, -0.05) is 24.3 Å². The minimum atomic E-state index is -0.535. The molecule has 27 heavy (non-hydrogen) atoms. The maximum absolute atomic E-state index is 12.2. The Morgan fingerprint density at radius 2 is 1.96 bits per heavy atom. The Kier molecular flexibility index (Phi) is 7.15. The van der Waals surface area contributed by atoms with Gasteiger partial charge in [0, 0.05) is 24.0 Å². The minimum absolute atomic E-state index is 0.0473. The number of methoxy groups -OCH3 is 1. The average molecular weight is 363 g/mol. The van der Waals surface area contributed by atoms with Gasteiger partial charge in [0.2, 0.25) is 0 Å². The van der Waals surface area contributed by atoms with E-state index in [4.69, 9.17) is 4.74 Å². The van der Waals surface area contributed by atoms with Crippen LogP contribution in [-0.4, -0.2) is 25.3 Å². The van der Waals surface area contributed by atoms with Gasteiger partial charge in [-0.2, -0.15) is 5.26 Å². The van der Waals surface area contributed by atoms with Crippen molar-refractivity contribution in [1.82, 2.24) is 5.32 Å². The Bertz CT molecular complexity index is 898. The van der Waals surface area contributed by atoms with Gasteiger partial charge in [-0.3, -0.25) is 9.59 Å². The Morgan fingerprint density at radius 1 is 1.19 bits per heavy atom. The predicted octanol–water partition coefficient (Wildman–Crippen LogP) is 3.08. The molecule has 0 spiro atoms. The van der Waals surface area contributed by atoms with Crippen molar-refractivity contribution in [3.8, 4) is 11.8 Å². The van der Waals surface area contributed by atoms with Crippen molar-refractivity contribution in [1.29, 1.82) is 5.26 Å². The summed E-state index contributed by atoms with van der Waals surface area (Å²) in [6, 6.07) is 16.2. The number of carbonyl (C=O) groups excluding carboxylic acids is 2. The lowest BCUT2D eigenvalue weighted by molar-refractivity contribution is -0.112. The second kappa shape index (κ2) is 9.78. The van der Waals surface area contributed by atoms with E-state index in [9.17, 15) is 14.9 Å². The maximum Gasteiger partial charge on any atom is 0.267 e. The summed E-state index contributed by atoms with van der Waals surface area (Å²) in [5, 5.41) is 14.8. The highest BCUT2D eigenvalue weighted by Gasteiger charge is 2.10. The molecule has 0 atom stereocenters. The smallest absolute Gasteiger partial charge is 0.267 e. The lowest BCUT2D eigenvalue weighted by Crippen LogP contribution is -2.18. The summed E-state index contributed by atoms with van der Waals surface area (Å²) in [4.78, 5) is 23.6. The third kappa shape index (κ3) is 6.01. The molecule has 0 bridgehead atoms. The molecule has 0 aliphatic heterocycles. The summed E-state index contributed by atoms with van der Waals surface area (Å²) in [6.45, 7) is 2.01. The lowest BCUT2D eigenvalue weighted by Gasteiger charge is -2.07. The van der Waals surface area contributed by atoms with Gasteiger partial charge in [0.05, 0.1) is 7.11 Å². The number of nitriles is 1. The number of nitrogens with one attached hydrogen (secondary N) is 2. The van der Waals surface area contributed by atoms with Crippen LogP contribution in [0.15, 0.2) is 60.3 Å². The number of carbonyl (C=O) groups is 2. The topological polar surface area (TPSA) is 91.2 Å². The molecule has 0 aliphatic carbocycles. The number of anilines is 1. The zero-order chi connectivity index (χ0) is 19.6. The van der Waals surface area contributed by atoms with Gasteiger partial charge in [-0.05, 0) is 43.2 Å². The van der Waals surface area contributed by atoms with Crippen LogP contribution in [0.4, 0.5) is 5.69 Å². The van der Waals surface area contributed by atoms with E-state index in [0.717, 1.165) is 11.3 Å². The molecule has 2 N–H and O–H groups in total. The van der Waals surface area contributed by atoms with E-state index in [-0.39, 0.29) is 11.4 Å². The molecule has 2 aromatic rings. The summed E-state index contributed by atoms with van der Waals surface area (Å²) < 4.78 is 5.18. The van der Waals surface area contributed by atoms with Crippen LogP contribution in [0, 0.1) is 11.3 Å². The number of ketones is 1. The van der Waals surface area contributed by atoms with E-state index in [1.165, 1.54) is 13.1 Å². The molecule has 1 amide bonds. The van der Waals surface area contributed by atoms with Gasteiger partial charge in [-0.25, -0.2) is 0 Å². The number of benzene rings is 2. The van der Waals surface area contributed by atoms with E-state index in [1.807, 2.05) is 30.3 Å².